The largest absolute Gasteiger partial charge is 0.491 e. The Balaban J connectivity index is 2.91. The van der Waals surface area contributed by atoms with Crippen LogP contribution in [0.25, 0.3) is 0 Å². The van der Waals surface area contributed by atoms with Crippen molar-refractivity contribution in [2.75, 3.05) is 6.61 Å². The number of ether oxygens (including phenoxy) is 1. The quantitative estimate of drug-likeness (QED) is 0.820. The third-order valence-corrected chi connectivity index (χ3v) is 2.88. The van der Waals surface area contributed by atoms with E-state index in [1.165, 1.54) is 0 Å². The van der Waals surface area contributed by atoms with E-state index in [4.69, 9.17) is 4.74 Å². The Morgan fingerprint density at radius 3 is 2.65 bits per heavy atom. The summed E-state index contributed by atoms with van der Waals surface area (Å²) in [5.41, 5.74) is 1.15. The molecule has 0 bridgehead atoms. The van der Waals surface area contributed by atoms with Crippen molar-refractivity contribution in [3.8, 4) is 5.75 Å². The predicted molar refractivity (Wildman–Crippen MR) is 66.8 cm³/mol. The highest BCUT2D eigenvalue weighted by Gasteiger charge is 2.15. The minimum Gasteiger partial charge on any atom is -0.491 e. The van der Waals surface area contributed by atoms with Gasteiger partial charge in [-0.1, -0.05) is 25.8 Å². The molecule has 0 saturated carbocycles. The molecule has 0 amide bonds. The summed E-state index contributed by atoms with van der Waals surface area (Å²) in [6, 6.07) is 3.35. The summed E-state index contributed by atoms with van der Waals surface area (Å²) in [5, 5.41) is 9.97. The zero-order valence-corrected chi connectivity index (χ0v) is 10.8. The van der Waals surface area contributed by atoms with E-state index in [1.807, 2.05) is 6.92 Å². The third kappa shape index (κ3) is 3.43. The maximum absolute atomic E-state index is 13.9. The van der Waals surface area contributed by atoms with Crippen LogP contribution in [0, 0.1) is 12.7 Å². The standard InChI is InChI=1S/C14H21FO2/c1-4-6-7-12(16)11-8-9-13(17-5-2)14(15)10(11)3/h8-9,12,16H,4-7H2,1-3H3. The molecule has 1 aromatic rings. The van der Waals surface area contributed by atoms with E-state index in [2.05, 4.69) is 6.92 Å². The van der Waals surface area contributed by atoms with Crippen molar-refractivity contribution in [2.45, 2.75) is 46.1 Å². The SMILES string of the molecule is CCCCC(O)c1ccc(OCC)c(F)c1C. The van der Waals surface area contributed by atoms with Gasteiger partial charge in [0.25, 0.3) is 0 Å². The van der Waals surface area contributed by atoms with Gasteiger partial charge < -0.3 is 9.84 Å². The molecule has 0 aliphatic carbocycles. The molecule has 0 radical (unpaired) electrons. The first kappa shape index (κ1) is 14.0. The molecule has 0 heterocycles. The van der Waals surface area contributed by atoms with Gasteiger partial charge in [-0.25, -0.2) is 4.39 Å². The molecule has 0 aromatic heterocycles. The number of hydrogen-bond acceptors (Lipinski definition) is 2. The van der Waals surface area contributed by atoms with Gasteiger partial charge >= 0.3 is 0 Å². The molecule has 0 fully saturated rings. The van der Waals surface area contributed by atoms with E-state index in [0.717, 1.165) is 12.8 Å². The van der Waals surface area contributed by atoms with E-state index in [1.54, 1.807) is 19.1 Å². The zero-order chi connectivity index (χ0) is 12.8. The number of halogens is 1. The van der Waals surface area contributed by atoms with Gasteiger partial charge in [-0.05, 0) is 37.5 Å². The minimum atomic E-state index is -0.583. The van der Waals surface area contributed by atoms with E-state index >= 15 is 0 Å². The van der Waals surface area contributed by atoms with Crippen LogP contribution in [0.4, 0.5) is 4.39 Å². The number of unbranched alkanes of at least 4 members (excludes halogenated alkanes) is 1. The summed E-state index contributed by atoms with van der Waals surface area (Å²) in [7, 11) is 0. The Bertz CT molecular complexity index is 363. The van der Waals surface area contributed by atoms with E-state index in [-0.39, 0.29) is 11.6 Å². The molecule has 1 rings (SSSR count). The molecule has 0 saturated heterocycles. The molecule has 17 heavy (non-hydrogen) atoms. The lowest BCUT2D eigenvalue weighted by atomic mass is 9.98. The molecule has 1 aromatic carbocycles. The van der Waals surface area contributed by atoms with Gasteiger partial charge in [0.15, 0.2) is 11.6 Å². The molecule has 0 aliphatic rings. The predicted octanol–water partition coefficient (Wildman–Crippen LogP) is 3.76. The van der Waals surface area contributed by atoms with Gasteiger partial charge in [0, 0.05) is 0 Å². The second-order valence-corrected chi connectivity index (χ2v) is 4.18. The summed E-state index contributed by atoms with van der Waals surface area (Å²) < 4.78 is 19.1. The molecule has 96 valence electrons. The lowest BCUT2D eigenvalue weighted by Crippen LogP contribution is -2.04. The Hall–Kier alpha value is -1.09. The first-order valence-corrected chi connectivity index (χ1v) is 6.21. The van der Waals surface area contributed by atoms with E-state index in [0.29, 0.717) is 24.2 Å². The van der Waals surface area contributed by atoms with Crippen molar-refractivity contribution in [3.05, 3.63) is 29.1 Å². The van der Waals surface area contributed by atoms with Crippen LogP contribution in [-0.4, -0.2) is 11.7 Å². The van der Waals surface area contributed by atoms with Crippen LogP contribution in [0.15, 0.2) is 12.1 Å². The first-order valence-electron chi connectivity index (χ1n) is 6.21. The molecule has 1 atom stereocenters. The van der Waals surface area contributed by atoms with Gasteiger partial charge in [0.2, 0.25) is 0 Å². The highest BCUT2D eigenvalue weighted by atomic mass is 19.1. The van der Waals surface area contributed by atoms with Crippen molar-refractivity contribution >= 4 is 0 Å². The third-order valence-electron chi connectivity index (χ3n) is 2.88. The minimum absolute atomic E-state index is 0.261. The van der Waals surface area contributed by atoms with Crippen LogP contribution < -0.4 is 4.74 Å². The van der Waals surface area contributed by atoms with Crippen LogP contribution in [0.3, 0.4) is 0 Å². The fraction of sp³-hybridized carbons (Fsp3) is 0.571. The fourth-order valence-corrected chi connectivity index (χ4v) is 1.86. The molecular formula is C14H21FO2. The summed E-state index contributed by atoms with van der Waals surface area (Å²) >= 11 is 0. The second-order valence-electron chi connectivity index (χ2n) is 4.18. The number of aliphatic hydroxyl groups excluding tert-OH is 1. The Morgan fingerprint density at radius 1 is 1.35 bits per heavy atom. The number of hydrogen-bond donors (Lipinski definition) is 1. The van der Waals surface area contributed by atoms with E-state index < -0.39 is 6.10 Å². The summed E-state index contributed by atoms with van der Waals surface area (Å²) in [6.07, 6.45) is 2.05. The monoisotopic (exact) mass is 240 g/mol. The average Bonchev–Trinajstić information content (AvgIpc) is 2.32. The van der Waals surface area contributed by atoms with Gasteiger partial charge in [-0.3, -0.25) is 0 Å². The fourth-order valence-electron chi connectivity index (χ4n) is 1.86. The van der Waals surface area contributed by atoms with Crippen molar-refractivity contribution in [1.82, 2.24) is 0 Å². The Morgan fingerprint density at radius 2 is 2.06 bits per heavy atom. The lowest BCUT2D eigenvalue weighted by Gasteiger charge is -2.15. The first-order chi connectivity index (χ1) is 8.11. The molecule has 1 unspecified atom stereocenters. The van der Waals surface area contributed by atoms with Gasteiger partial charge in [-0.2, -0.15) is 0 Å². The molecule has 0 aliphatic heterocycles. The molecule has 0 spiro atoms. The van der Waals surface area contributed by atoms with Crippen molar-refractivity contribution in [3.63, 3.8) is 0 Å². The van der Waals surface area contributed by atoms with Crippen molar-refractivity contribution < 1.29 is 14.2 Å². The summed E-state index contributed by atoms with van der Waals surface area (Å²) in [6.45, 7) is 6.01. The van der Waals surface area contributed by atoms with Crippen LogP contribution in [0.5, 0.6) is 5.75 Å². The van der Waals surface area contributed by atoms with Crippen molar-refractivity contribution in [1.29, 1.82) is 0 Å². The molecule has 2 nitrogen and oxygen atoms in total. The lowest BCUT2D eigenvalue weighted by molar-refractivity contribution is 0.163. The second kappa shape index (κ2) is 6.60. The van der Waals surface area contributed by atoms with Crippen LogP contribution in [0.1, 0.15) is 50.3 Å². The Kier molecular flexibility index (Phi) is 5.42. The number of benzene rings is 1. The maximum Gasteiger partial charge on any atom is 0.168 e. The highest BCUT2D eigenvalue weighted by Crippen LogP contribution is 2.29. The molecule has 3 heteroatoms. The van der Waals surface area contributed by atoms with E-state index in [9.17, 15) is 9.50 Å². The summed E-state index contributed by atoms with van der Waals surface area (Å²) in [4.78, 5) is 0. The normalized spacial score (nSPS) is 12.5. The topological polar surface area (TPSA) is 29.5 Å². The number of rotatable bonds is 6. The summed E-state index contributed by atoms with van der Waals surface area (Å²) in [5.74, 6) is -0.101. The van der Waals surface area contributed by atoms with Crippen LogP contribution >= 0.6 is 0 Å². The van der Waals surface area contributed by atoms with Crippen LogP contribution in [0.2, 0.25) is 0 Å². The smallest absolute Gasteiger partial charge is 0.168 e. The number of aliphatic hydroxyl groups is 1. The average molecular weight is 240 g/mol. The van der Waals surface area contributed by atoms with Gasteiger partial charge in [-0.15, -0.1) is 0 Å². The molecule has 1 N–H and O–H groups in total. The Labute approximate surface area is 102 Å². The highest BCUT2D eigenvalue weighted by molar-refractivity contribution is 5.38. The molecular weight excluding hydrogens is 219 g/mol. The zero-order valence-electron chi connectivity index (χ0n) is 10.8. The van der Waals surface area contributed by atoms with Gasteiger partial charge in [0.1, 0.15) is 0 Å². The van der Waals surface area contributed by atoms with Gasteiger partial charge in [0.05, 0.1) is 12.7 Å². The van der Waals surface area contributed by atoms with Crippen LogP contribution in [-0.2, 0) is 0 Å². The maximum atomic E-state index is 13.9. The van der Waals surface area contributed by atoms with Crippen molar-refractivity contribution in [2.24, 2.45) is 0 Å².